The summed E-state index contributed by atoms with van der Waals surface area (Å²) in [6.45, 7) is 2.03. The van der Waals surface area contributed by atoms with Crippen LogP contribution in [0.1, 0.15) is 37.7 Å². The first-order valence-corrected chi connectivity index (χ1v) is 9.94. The van der Waals surface area contributed by atoms with Gasteiger partial charge in [-0.2, -0.15) is 0 Å². The Morgan fingerprint density at radius 3 is 2.85 bits per heavy atom. The summed E-state index contributed by atoms with van der Waals surface area (Å²) < 4.78 is 1.94. The Morgan fingerprint density at radius 1 is 1.27 bits per heavy atom. The van der Waals surface area contributed by atoms with E-state index in [1.54, 1.807) is 6.20 Å². The van der Waals surface area contributed by atoms with E-state index in [0.717, 1.165) is 42.1 Å². The summed E-state index contributed by atoms with van der Waals surface area (Å²) in [5.41, 5.74) is 2.16. The van der Waals surface area contributed by atoms with E-state index >= 15 is 0 Å². The van der Waals surface area contributed by atoms with Gasteiger partial charge >= 0.3 is 6.03 Å². The summed E-state index contributed by atoms with van der Waals surface area (Å²) in [7, 11) is 0. The second kappa shape index (κ2) is 8.89. The van der Waals surface area contributed by atoms with Crippen molar-refractivity contribution in [1.29, 1.82) is 0 Å². The second-order valence-electron chi connectivity index (χ2n) is 6.56. The van der Waals surface area contributed by atoms with Crippen LogP contribution in [0.25, 0.3) is 5.69 Å². The number of imidazole rings is 1. The minimum atomic E-state index is -0.399. The predicted molar refractivity (Wildman–Crippen MR) is 103 cm³/mol. The minimum Gasteiger partial charge on any atom is -0.335 e. The summed E-state index contributed by atoms with van der Waals surface area (Å²) in [6, 6.07) is 7.86. The maximum absolute atomic E-state index is 12.1. The fourth-order valence-electron chi connectivity index (χ4n) is 3.13. The molecule has 0 aliphatic heterocycles. The number of aryl methyl sites for hydroxylation is 1. The molecule has 3 amide bonds. The van der Waals surface area contributed by atoms with Crippen molar-refractivity contribution in [3.63, 3.8) is 0 Å². The van der Waals surface area contributed by atoms with Gasteiger partial charge in [-0.3, -0.25) is 14.7 Å². The third-order valence-electron chi connectivity index (χ3n) is 4.41. The van der Waals surface area contributed by atoms with Crippen LogP contribution < -0.4 is 10.6 Å². The van der Waals surface area contributed by atoms with Gasteiger partial charge in [-0.25, -0.2) is 9.78 Å². The molecule has 1 saturated carbocycles. The van der Waals surface area contributed by atoms with Gasteiger partial charge in [0.05, 0.1) is 5.75 Å². The van der Waals surface area contributed by atoms with Gasteiger partial charge < -0.3 is 5.32 Å². The van der Waals surface area contributed by atoms with Crippen LogP contribution in [-0.4, -0.2) is 33.3 Å². The monoisotopic (exact) mass is 372 g/mol. The number of urea groups is 1. The maximum Gasteiger partial charge on any atom is 0.321 e. The molecule has 26 heavy (non-hydrogen) atoms. The van der Waals surface area contributed by atoms with Crippen molar-refractivity contribution in [3.05, 3.63) is 42.2 Å². The number of hydrogen-bond donors (Lipinski definition) is 2. The minimum absolute atomic E-state index is 0.140. The van der Waals surface area contributed by atoms with E-state index in [-0.39, 0.29) is 17.7 Å². The predicted octanol–water partition coefficient (Wildman–Crippen LogP) is 3.43. The Bertz CT molecular complexity index is 768. The van der Waals surface area contributed by atoms with Gasteiger partial charge in [-0.15, -0.1) is 0 Å². The Kier molecular flexibility index (Phi) is 6.33. The van der Waals surface area contributed by atoms with Crippen LogP contribution in [0.4, 0.5) is 4.79 Å². The molecule has 1 aliphatic carbocycles. The number of aromatic nitrogens is 2. The van der Waals surface area contributed by atoms with Crippen LogP contribution in [0.3, 0.4) is 0 Å². The normalized spacial score (nSPS) is 14.8. The van der Waals surface area contributed by atoms with Crippen molar-refractivity contribution in [2.24, 2.45) is 0 Å². The molecule has 0 saturated heterocycles. The van der Waals surface area contributed by atoms with Crippen molar-refractivity contribution >= 4 is 23.7 Å². The SMILES string of the molecule is Cc1cccc(-n2ccnc2SCC(=O)NC(=O)NC2CCCCC2)c1. The van der Waals surface area contributed by atoms with Crippen LogP contribution in [0, 0.1) is 6.92 Å². The van der Waals surface area contributed by atoms with Crippen molar-refractivity contribution in [2.75, 3.05) is 5.75 Å². The standard InChI is InChI=1S/C19H24N4O2S/c1-14-6-5-9-16(12-14)23-11-10-20-19(23)26-13-17(24)22-18(25)21-15-7-3-2-4-8-15/h5-6,9-12,15H,2-4,7-8,13H2,1H3,(H2,21,22,24,25). The summed E-state index contributed by atoms with van der Waals surface area (Å²) in [4.78, 5) is 28.3. The fraction of sp³-hybridized carbons (Fsp3) is 0.421. The van der Waals surface area contributed by atoms with Crippen molar-refractivity contribution < 1.29 is 9.59 Å². The molecule has 1 aliphatic rings. The molecule has 1 fully saturated rings. The van der Waals surface area contributed by atoms with Crippen LogP contribution in [0.15, 0.2) is 41.8 Å². The topological polar surface area (TPSA) is 76.0 Å². The van der Waals surface area contributed by atoms with Crippen molar-refractivity contribution in [3.8, 4) is 5.69 Å². The van der Waals surface area contributed by atoms with Crippen LogP contribution in [-0.2, 0) is 4.79 Å². The summed E-state index contributed by atoms with van der Waals surface area (Å²) in [5, 5.41) is 6.02. The lowest BCUT2D eigenvalue weighted by molar-refractivity contribution is -0.117. The summed E-state index contributed by atoms with van der Waals surface area (Å²) in [5.74, 6) is -0.178. The van der Waals surface area contributed by atoms with Gasteiger partial charge in [0.25, 0.3) is 0 Å². The first-order chi connectivity index (χ1) is 12.6. The first kappa shape index (κ1) is 18.5. The molecule has 1 aromatic carbocycles. The maximum atomic E-state index is 12.1. The zero-order valence-corrected chi connectivity index (χ0v) is 15.7. The van der Waals surface area contributed by atoms with Crippen LogP contribution in [0.5, 0.6) is 0 Å². The largest absolute Gasteiger partial charge is 0.335 e. The highest BCUT2D eigenvalue weighted by molar-refractivity contribution is 7.99. The molecule has 6 nitrogen and oxygen atoms in total. The smallest absolute Gasteiger partial charge is 0.321 e. The zero-order valence-electron chi connectivity index (χ0n) is 14.9. The molecule has 0 spiro atoms. The second-order valence-corrected chi connectivity index (χ2v) is 7.51. The highest BCUT2D eigenvalue weighted by Crippen LogP contribution is 2.21. The molecular formula is C19H24N4O2S. The first-order valence-electron chi connectivity index (χ1n) is 8.95. The van der Waals surface area contributed by atoms with E-state index in [9.17, 15) is 9.59 Å². The Morgan fingerprint density at radius 2 is 2.08 bits per heavy atom. The van der Waals surface area contributed by atoms with Crippen molar-refractivity contribution in [2.45, 2.75) is 50.2 Å². The number of benzene rings is 1. The number of nitrogens with one attached hydrogen (secondary N) is 2. The number of amides is 3. The van der Waals surface area contributed by atoms with Gasteiger partial charge in [0.1, 0.15) is 0 Å². The van der Waals surface area contributed by atoms with E-state index < -0.39 is 6.03 Å². The zero-order chi connectivity index (χ0) is 18.4. The molecule has 138 valence electrons. The van der Waals surface area contributed by atoms with Crippen molar-refractivity contribution in [1.82, 2.24) is 20.2 Å². The molecule has 0 atom stereocenters. The van der Waals surface area contributed by atoms with Gasteiger partial charge in [0, 0.05) is 24.1 Å². The number of carbonyl (C=O) groups is 2. The Balaban J connectivity index is 1.50. The van der Waals surface area contributed by atoms with Gasteiger partial charge in [0.15, 0.2) is 5.16 Å². The van der Waals surface area contributed by atoms with E-state index in [4.69, 9.17) is 0 Å². The number of rotatable bonds is 5. The molecule has 1 aromatic heterocycles. The lowest BCUT2D eigenvalue weighted by Crippen LogP contribution is -2.45. The molecule has 0 radical (unpaired) electrons. The van der Waals surface area contributed by atoms with E-state index in [2.05, 4.69) is 21.7 Å². The lowest BCUT2D eigenvalue weighted by Gasteiger charge is -2.22. The third kappa shape index (κ3) is 5.11. The highest BCUT2D eigenvalue weighted by atomic mass is 32.2. The molecule has 7 heteroatoms. The number of imide groups is 1. The molecule has 2 aromatic rings. The van der Waals surface area contributed by atoms with Gasteiger partial charge in [0.2, 0.25) is 5.91 Å². The molecule has 1 heterocycles. The van der Waals surface area contributed by atoms with Crippen LogP contribution >= 0.6 is 11.8 Å². The van der Waals surface area contributed by atoms with E-state index in [1.165, 1.54) is 18.2 Å². The highest BCUT2D eigenvalue weighted by Gasteiger charge is 2.17. The molecule has 2 N–H and O–H groups in total. The molecule has 0 unspecified atom stereocenters. The van der Waals surface area contributed by atoms with E-state index in [0.29, 0.717) is 0 Å². The Hall–Kier alpha value is -2.28. The number of carbonyl (C=O) groups excluding carboxylic acids is 2. The third-order valence-corrected chi connectivity index (χ3v) is 5.38. The fourth-order valence-corrected chi connectivity index (χ4v) is 3.91. The quantitative estimate of drug-likeness (QED) is 0.789. The van der Waals surface area contributed by atoms with E-state index in [1.807, 2.05) is 35.9 Å². The average molecular weight is 372 g/mol. The van der Waals surface area contributed by atoms with Crippen LogP contribution in [0.2, 0.25) is 0 Å². The summed E-state index contributed by atoms with van der Waals surface area (Å²) >= 11 is 1.31. The number of hydrogen-bond acceptors (Lipinski definition) is 4. The molecular weight excluding hydrogens is 348 g/mol. The number of nitrogens with zero attached hydrogens (tertiary/aromatic N) is 2. The number of thioether (sulfide) groups is 1. The lowest BCUT2D eigenvalue weighted by atomic mass is 9.96. The Labute approximate surface area is 157 Å². The summed E-state index contributed by atoms with van der Waals surface area (Å²) in [6.07, 6.45) is 9.05. The molecule has 0 bridgehead atoms. The average Bonchev–Trinajstić information content (AvgIpc) is 3.09. The molecule has 3 rings (SSSR count). The van der Waals surface area contributed by atoms with Gasteiger partial charge in [-0.05, 0) is 37.5 Å². The van der Waals surface area contributed by atoms with Gasteiger partial charge in [-0.1, -0.05) is 43.2 Å².